The van der Waals surface area contributed by atoms with Crippen LogP contribution >= 0.6 is 0 Å². The second-order valence-electron chi connectivity index (χ2n) is 5.76. The Morgan fingerprint density at radius 3 is 2.67 bits per heavy atom. The molecule has 0 radical (unpaired) electrons. The minimum Gasteiger partial charge on any atom is -0.385 e. The average Bonchev–Trinajstić information content (AvgIpc) is 2.42. The Labute approximate surface area is 113 Å². The van der Waals surface area contributed by atoms with Crippen LogP contribution in [0, 0.1) is 0 Å². The highest BCUT2D eigenvalue weighted by atomic mass is 16.5. The van der Waals surface area contributed by atoms with Crippen LogP contribution in [-0.4, -0.2) is 50.8 Å². The van der Waals surface area contributed by atoms with Crippen molar-refractivity contribution >= 4 is 0 Å². The molecule has 0 saturated heterocycles. The first kappa shape index (κ1) is 15.9. The Kier molecular flexibility index (Phi) is 8.64. The van der Waals surface area contributed by atoms with Gasteiger partial charge in [-0.05, 0) is 52.7 Å². The normalized spacial score (nSPS) is 19.3. The zero-order valence-corrected chi connectivity index (χ0v) is 12.6. The van der Waals surface area contributed by atoms with Crippen molar-refractivity contribution in [3.05, 3.63) is 0 Å². The van der Waals surface area contributed by atoms with E-state index in [2.05, 4.69) is 24.2 Å². The summed E-state index contributed by atoms with van der Waals surface area (Å²) in [5.41, 5.74) is 0. The molecule has 0 aromatic carbocycles. The summed E-state index contributed by atoms with van der Waals surface area (Å²) in [7, 11) is 4.07. The van der Waals surface area contributed by atoms with Gasteiger partial charge in [0, 0.05) is 25.8 Å². The van der Waals surface area contributed by atoms with Crippen LogP contribution in [0.5, 0.6) is 0 Å². The number of ether oxygens (including phenoxy) is 1. The lowest BCUT2D eigenvalue weighted by Gasteiger charge is -2.31. The van der Waals surface area contributed by atoms with E-state index in [1.807, 2.05) is 0 Å². The van der Waals surface area contributed by atoms with Gasteiger partial charge >= 0.3 is 0 Å². The highest BCUT2D eigenvalue weighted by Crippen LogP contribution is 2.21. The number of nitrogens with one attached hydrogen (secondary N) is 1. The summed E-state index contributed by atoms with van der Waals surface area (Å²) in [6.07, 6.45) is 9.49. The molecule has 1 N–H and O–H groups in total. The predicted octanol–water partition coefficient (Wildman–Crippen LogP) is 2.66. The molecule has 1 aliphatic carbocycles. The fourth-order valence-corrected chi connectivity index (χ4v) is 2.78. The van der Waals surface area contributed by atoms with Crippen LogP contribution in [0.25, 0.3) is 0 Å². The number of methoxy groups -OCH3 is 1. The number of rotatable bonds is 9. The molecule has 1 aliphatic rings. The van der Waals surface area contributed by atoms with Crippen LogP contribution in [0.3, 0.4) is 0 Å². The lowest BCUT2D eigenvalue weighted by molar-refractivity contribution is 0.180. The molecule has 0 bridgehead atoms. The molecule has 0 spiro atoms. The zero-order valence-electron chi connectivity index (χ0n) is 12.6. The van der Waals surface area contributed by atoms with E-state index in [1.165, 1.54) is 45.1 Å². The molecule has 1 atom stereocenters. The van der Waals surface area contributed by atoms with Gasteiger partial charge in [-0.2, -0.15) is 0 Å². The molecule has 0 aromatic heterocycles. The van der Waals surface area contributed by atoms with Gasteiger partial charge in [0.1, 0.15) is 0 Å². The molecule has 108 valence electrons. The minimum absolute atomic E-state index is 0.574. The Morgan fingerprint density at radius 1 is 1.28 bits per heavy atom. The topological polar surface area (TPSA) is 24.5 Å². The quantitative estimate of drug-likeness (QED) is 0.642. The van der Waals surface area contributed by atoms with Gasteiger partial charge in [0.25, 0.3) is 0 Å². The third-order valence-electron chi connectivity index (χ3n) is 4.13. The maximum Gasteiger partial charge on any atom is 0.0476 e. The summed E-state index contributed by atoms with van der Waals surface area (Å²) in [4.78, 5) is 2.57. The molecule has 1 fully saturated rings. The maximum atomic E-state index is 5.09. The first-order valence-electron chi connectivity index (χ1n) is 7.66. The molecular formula is C15H32N2O. The second kappa shape index (κ2) is 9.76. The van der Waals surface area contributed by atoms with Crippen molar-refractivity contribution in [2.24, 2.45) is 0 Å². The first-order chi connectivity index (χ1) is 8.74. The smallest absolute Gasteiger partial charge is 0.0476 e. The van der Waals surface area contributed by atoms with Crippen molar-refractivity contribution in [3.63, 3.8) is 0 Å². The maximum absolute atomic E-state index is 5.09. The number of nitrogens with zero attached hydrogens (tertiary/aromatic N) is 1. The van der Waals surface area contributed by atoms with E-state index < -0.39 is 0 Å². The standard InChI is InChI=1S/C15H32N2O/c1-14(10-13-18-3)16-11-7-12-17(2)15-8-5-4-6-9-15/h14-16H,4-13H2,1-3H3. The Bertz CT molecular complexity index is 193. The molecule has 18 heavy (non-hydrogen) atoms. The molecule has 3 heteroatoms. The second-order valence-corrected chi connectivity index (χ2v) is 5.76. The van der Waals surface area contributed by atoms with E-state index in [9.17, 15) is 0 Å². The molecule has 0 amide bonds. The number of hydrogen-bond donors (Lipinski definition) is 1. The summed E-state index contributed by atoms with van der Waals surface area (Å²) in [5, 5.41) is 3.57. The Hall–Kier alpha value is -0.120. The summed E-state index contributed by atoms with van der Waals surface area (Å²) in [5.74, 6) is 0. The van der Waals surface area contributed by atoms with E-state index in [-0.39, 0.29) is 0 Å². The van der Waals surface area contributed by atoms with Crippen LogP contribution in [0.2, 0.25) is 0 Å². The van der Waals surface area contributed by atoms with Gasteiger partial charge in [-0.25, -0.2) is 0 Å². The van der Waals surface area contributed by atoms with Crippen LogP contribution in [0.1, 0.15) is 51.9 Å². The largest absolute Gasteiger partial charge is 0.385 e. The van der Waals surface area contributed by atoms with Crippen molar-refractivity contribution in [1.82, 2.24) is 10.2 Å². The van der Waals surface area contributed by atoms with Gasteiger partial charge < -0.3 is 15.0 Å². The van der Waals surface area contributed by atoms with E-state index in [0.717, 1.165) is 25.6 Å². The van der Waals surface area contributed by atoms with Crippen molar-refractivity contribution in [2.45, 2.75) is 64.0 Å². The van der Waals surface area contributed by atoms with Gasteiger partial charge in [0.2, 0.25) is 0 Å². The fourth-order valence-electron chi connectivity index (χ4n) is 2.78. The zero-order chi connectivity index (χ0) is 13.2. The highest BCUT2D eigenvalue weighted by Gasteiger charge is 2.17. The molecule has 0 heterocycles. The summed E-state index contributed by atoms with van der Waals surface area (Å²) >= 11 is 0. The van der Waals surface area contributed by atoms with Crippen molar-refractivity contribution < 1.29 is 4.74 Å². The minimum atomic E-state index is 0.574. The lowest BCUT2D eigenvalue weighted by Crippen LogP contribution is -2.36. The van der Waals surface area contributed by atoms with Crippen molar-refractivity contribution in [3.8, 4) is 0 Å². The van der Waals surface area contributed by atoms with Gasteiger partial charge in [0.15, 0.2) is 0 Å². The summed E-state index contributed by atoms with van der Waals surface area (Å²) in [6.45, 7) is 5.45. The SMILES string of the molecule is COCCC(C)NCCCN(C)C1CCCCC1. The van der Waals surface area contributed by atoms with E-state index in [0.29, 0.717) is 6.04 Å². The molecule has 1 rings (SSSR count). The van der Waals surface area contributed by atoms with Crippen LogP contribution < -0.4 is 5.32 Å². The Morgan fingerprint density at radius 2 is 2.00 bits per heavy atom. The summed E-state index contributed by atoms with van der Waals surface area (Å²) in [6, 6.07) is 1.43. The molecular weight excluding hydrogens is 224 g/mol. The van der Waals surface area contributed by atoms with Gasteiger partial charge in [-0.3, -0.25) is 0 Å². The van der Waals surface area contributed by atoms with Crippen molar-refractivity contribution in [2.75, 3.05) is 33.9 Å². The third kappa shape index (κ3) is 6.72. The summed E-state index contributed by atoms with van der Waals surface area (Å²) < 4.78 is 5.09. The van der Waals surface area contributed by atoms with Gasteiger partial charge in [0.05, 0.1) is 0 Å². The van der Waals surface area contributed by atoms with E-state index >= 15 is 0 Å². The first-order valence-corrected chi connectivity index (χ1v) is 7.66. The average molecular weight is 256 g/mol. The van der Waals surface area contributed by atoms with Crippen LogP contribution in [0.15, 0.2) is 0 Å². The fraction of sp³-hybridized carbons (Fsp3) is 1.00. The van der Waals surface area contributed by atoms with Crippen LogP contribution in [-0.2, 0) is 4.74 Å². The third-order valence-corrected chi connectivity index (χ3v) is 4.13. The predicted molar refractivity (Wildman–Crippen MR) is 78.1 cm³/mol. The highest BCUT2D eigenvalue weighted by molar-refractivity contribution is 4.73. The Balaban J connectivity index is 1.99. The molecule has 3 nitrogen and oxygen atoms in total. The van der Waals surface area contributed by atoms with Gasteiger partial charge in [-0.1, -0.05) is 19.3 Å². The molecule has 1 saturated carbocycles. The van der Waals surface area contributed by atoms with Crippen molar-refractivity contribution in [1.29, 1.82) is 0 Å². The van der Waals surface area contributed by atoms with E-state index in [1.54, 1.807) is 7.11 Å². The van der Waals surface area contributed by atoms with Crippen LogP contribution in [0.4, 0.5) is 0 Å². The van der Waals surface area contributed by atoms with Gasteiger partial charge in [-0.15, -0.1) is 0 Å². The molecule has 0 aliphatic heterocycles. The molecule has 0 aromatic rings. The monoisotopic (exact) mass is 256 g/mol. The lowest BCUT2D eigenvalue weighted by atomic mass is 9.94. The van der Waals surface area contributed by atoms with E-state index in [4.69, 9.17) is 4.74 Å². The number of hydrogen-bond acceptors (Lipinski definition) is 3. The molecule has 1 unspecified atom stereocenters.